The summed E-state index contributed by atoms with van der Waals surface area (Å²) in [6, 6.07) is 2.96. The number of rotatable bonds is 4. The van der Waals surface area contributed by atoms with Gasteiger partial charge in [-0.1, -0.05) is 23.2 Å². The molecule has 5 nitrogen and oxygen atoms in total. The van der Waals surface area contributed by atoms with Crippen molar-refractivity contribution in [2.45, 2.75) is 19.2 Å². The van der Waals surface area contributed by atoms with Crippen molar-refractivity contribution in [1.29, 1.82) is 0 Å². The van der Waals surface area contributed by atoms with Crippen LogP contribution in [0.1, 0.15) is 6.92 Å². The third kappa shape index (κ3) is 4.59. The Morgan fingerprint density at radius 1 is 1.35 bits per heavy atom. The minimum Gasteiger partial charge on any atom is -0.464 e. The summed E-state index contributed by atoms with van der Waals surface area (Å²) < 4.78 is 41.6. The van der Waals surface area contributed by atoms with Crippen LogP contribution in [0.25, 0.3) is 10.9 Å². The molecule has 2 rings (SSSR count). The highest BCUT2D eigenvalue weighted by Gasteiger charge is 2.29. The van der Waals surface area contributed by atoms with E-state index in [1.165, 1.54) is 19.1 Å². The summed E-state index contributed by atoms with van der Waals surface area (Å²) in [6.45, 7) is -0.145. The monoisotopic (exact) mass is 367 g/mol. The molecule has 1 heterocycles. The van der Waals surface area contributed by atoms with Crippen LogP contribution >= 0.6 is 23.2 Å². The molecule has 2 aromatic rings. The van der Waals surface area contributed by atoms with Crippen LogP contribution in [0.3, 0.4) is 0 Å². The molecule has 0 unspecified atom stereocenters. The number of amides is 1. The molecule has 1 amide bonds. The Labute approximate surface area is 138 Å². The molecule has 1 atom stereocenters. The lowest BCUT2D eigenvalue weighted by Crippen LogP contribution is -2.41. The van der Waals surface area contributed by atoms with Crippen molar-refractivity contribution in [3.63, 3.8) is 0 Å². The van der Waals surface area contributed by atoms with Crippen LogP contribution in [0, 0.1) is 0 Å². The van der Waals surface area contributed by atoms with Crippen molar-refractivity contribution >= 4 is 40.0 Å². The van der Waals surface area contributed by atoms with Gasteiger partial charge in [0.05, 0.1) is 15.9 Å². The summed E-state index contributed by atoms with van der Waals surface area (Å²) in [5.41, 5.74) is 0.351. The van der Waals surface area contributed by atoms with Gasteiger partial charge in [0.15, 0.2) is 6.10 Å². The number of hydrogen-bond acceptors (Lipinski definition) is 4. The van der Waals surface area contributed by atoms with E-state index in [2.05, 4.69) is 9.97 Å². The Morgan fingerprint density at radius 2 is 2.04 bits per heavy atom. The van der Waals surface area contributed by atoms with Crippen LogP contribution in [0.4, 0.5) is 13.2 Å². The van der Waals surface area contributed by atoms with Crippen LogP contribution in [0.15, 0.2) is 18.5 Å². The molecule has 0 aliphatic rings. The average molecular weight is 368 g/mol. The molecule has 0 saturated carbocycles. The van der Waals surface area contributed by atoms with Gasteiger partial charge in [-0.3, -0.25) is 4.79 Å². The number of hydrogen-bond donors (Lipinski definition) is 1. The number of aromatic nitrogens is 2. The highest BCUT2D eigenvalue weighted by molar-refractivity contribution is 6.38. The number of carbonyl (C=O) groups is 1. The van der Waals surface area contributed by atoms with E-state index < -0.39 is 24.7 Å². The van der Waals surface area contributed by atoms with Crippen molar-refractivity contribution in [2.24, 2.45) is 0 Å². The Hall–Kier alpha value is -1.80. The third-order valence-electron chi connectivity index (χ3n) is 2.74. The van der Waals surface area contributed by atoms with Crippen molar-refractivity contribution in [3.8, 4) is 5.88 Å². The second-order valence-corrected chi connectivity index (χ2v) is 5.40. The normalized spacial score (nSPS) is 13.0. The molecule has 0 aliphatic carbocycles. The first-order valence-corrected chi connectivity index (χ1v) is 7.04. The maximum absolute atomic E-state index is 12.1. The van der Waals surface area contributed by atoms with E-state index in [-0.39, 0.29) is 10.9 Å². The van der Waals surface area contributed by atoms with E-state index in [1.54, 1.807) is 5.32 Å². The van der Waals surface area contributed by atoms with Crippen LogP contribution < -0.4 is 10.1 Å². The van der Waals surface area contributed by atoms with Gasteiger partial charge < -0.3 is 10.1 Å². The molecule has 1 N–H and O–H groups in total. The zero-order valence-electron chi connectivity index (χ0n) is 11.6. The Balaban J connectivity index is 2.20. The first kappa shape index (κ1) is 17.6. The number of nitrogens with one attached hydrogen (secondary N) is 1. The van der Waals surface area contributed by atoms with Gasteiger partial charge in [0.25, 0.3) is 5.91 Å². The minimum atomic E-state index is -4.50. The Kier molecular flexibility index (Phi) is 5.16. The van der Waals surface area contributed by atoms with E-state index >= 15 is 0 Å². The van der Waals surface area contributed by atoms with Gasteiger partial charge in [-0.15, -0.1) is 0 Å². The predicted molar refractivity (Wildman–Crippen MR) is 78.7 cm³/mol. The first-order valence-electron chi connectivity index (χ1n) is 6.28. The summed E-state index contributed by atoms with van der Waals surface area (Å²) >= 11 is 11.9. The summed E-state index contributed by atoms with van der Waals surface area (Å²) in [7, 11) is 0. The van der Waals surface area contributed by atoms with Gasteiger partial charge >= 0.3 is 6.18 Å². The van der Waals surface area contributed by atoms with Gasteiger partial charge in [-0.25, -0.2) is 9.97 Å². The lowest BCUT2D eigenvalue weighted by atomic mass is 10.2. The summed E-state index contributed by atoms with van der Waals surface area (Å²) in [5.74, 6) is -0.934. The fourth-order valence-corrected chi connectivity index (χ4v) is 2.26. The van der Waals surface area contributed by atoms with Gasteiger partial charge in [-0.05, 0) is 19.1 Å². The zero-order valence-corrected chi connectivity index (χ0v) is 13.1. The second kappa shape index (κ2) is 6.76. The van der Waals surface area contributed by atoms with Crippen molar-refractivity contribution in [2.75, 3.05) is 6.54 Å². The van der Waals surface area contributed by atoms with Crippen LogP contribution in [0.5, 0.6) is 5.88 Å². The maximum Gasteiger partial charge on any atom is 0.405 e. The molecule has 124 valence electrons. The van der Waals surface area contributed by atoms with Crippen molar-refractivity contribution in [3.05, 3.63) is 28.5 Å². The van der Waals surface area contributed by atoms with Crippen molar-refractivity contribution in [1.82, 2.24) is 15.3 Å². The highest BCUT2D eigenvalue weighted by Crippen LogP contribution is 2.31. The average Bonchev–Trinajstić information content (AvgIpc) is 2.44. The smallest absolute Gasteiger partial charge is 0.405 e. The Morgan fingerprint density at radius 3 is 2.70 bits per heavy atom. The lowest BCUT2D eigenvalue weighted by Gasteiger charge is -2.16. The second-order valence-electron chi connectivity index (χ2n) is 4.56. The Bertz CT molecular complexity index is 740. The van der Waals surface area contributed by atoms with Gasteiger partial charge in [0.2, 0.25) is 5.88 Å². The van der Waals surface area contributed by atoms with E-state index in [1.807, 2.05) is 0 Å². The number of nitrogens with zero attached hydrogens (tertiary/aromatic N) is 2. The number of benzene rings is 1. The molecule has 0 bridgehead atoms. The van der Waals surface area contributed by atoms with E-state index in [9.17, 15) is 18.0 Å². The number of alkyl halides is 3. The molecule has 0 saturated heterocycles. The zero-order chi connectivity index (χ0) is 17.2. The largest absolute Gasteiger partial charge is 0.464 e. The summed E-state index contributed by atoms with van der Waals surface area (Å²) in [6.07, 6.45) is -4.54. The predicted octanol–water partition coefficient (Wildman–Crippen LogP) is 3.38. The molecule has 23 heavy (non-hydrogen) atoms. The van der Waals surface area contributed by atoms with Crippen LogP contribution in [-0.4, -0.2) is 34.7 Å². The van der Waals surface area contributed by atoms with Crippen molar-refractivity contribution < 1.29 is 22.7 Å². The standard InChI is InChI=1S/C13H10Cl2F3N3O2/c1-6(11(22)19-4-13(16,17)18)23-12-8-2-7(14)3-9(15)10(8)20-5-21-12/h2-3,5-6H,4H2,1H3,(H,19,22)/t6-/m1/s1. The lowest BCUT2D eigenvalue weighted by molar-refractivity contribution is -0.142. The molecule has 0 spiro atoms. The topological polar surface area (TPSA) is 64.1 Å². The van der Waals surface area contributed by atoms with Crippen LogP contribution in [0.2, 0.25) is 10.0 Å². The molecule has 1 aromatic heterocycles. The SMILES string of the molecule is C[C@@H](Oc1ncnc2c(Cl)cc(Cl)cc12)C(=O)NCC(F)(F)F. The van der Waals surface area contributed by atoms with Gasteiger partial charge in [-0.2, -0.15) is 13.2 Å². The molecule has 10 heteroatoms. The molecule has 0 fully saturated rings. The molecule has 0 radical (unpaired) electrons. The van der Waals surface area contributed by atoms with Crippen LogP contribution in [-0.2, 0) is 4.79 Å². The van der Waals surface area contributed by atoms with E-state index in [4.69, 9.17) is 27.9 Å². The van der Waals surface area contributed by atoms with Gasteiger partial charge in [0.1, 0.15) is 12.9 Å². The minimum absolute atomic E-state index is 0.00550. The van der Waals surface area contributed by atoms with Gasteiger partial charge in [0, 0.05) is 5.02 Å². The fraction of sp³-hybridized carbons (Fsp3) is 0.308. The quantitative estimate of drug-likeness (QED) is 0.899. The molecular weight excluding hydrogens is 358 g/mol. The number of fused-ring (bicyclic) bond motifs is 1. The summed E-state index contributed by atoms with van der Waals surface area (Å²) in [5, 5.41) is 2.64. The maximum atomic E-state index is 12.1. The first-order chi connectivity index (χ1) is 10.7. The van der Waals surface area contributed by atoms with E-state index in [0.717, 1.165) is 6.33 Å². The molecule has 1 aromatic carbocycles. The number of carbonyl (C=O) groups excluding carboxylic acids is 1. The number of halogens is 5. The third-order valence-corrected chi connectivity index (χ3v) is 3.25. The molecule has 0 aliphatic heterocycles. The fourth-order valence-electron chi connectivity index (χ4n) is 1.71. The van der Waals surface area contributed by atoms with E-state index in [0.29, 0.717) is 15.9 Å². The number of ether oxygens (including phenoxy) is 1. The summed E-state index contributed by atoms with van der Waals surface area (Å²) in [4.78, 5) is 19.5. The molecular formula is C13H10Cl2F3N3O2. The highest BCUT2D eigenvalue weighted by atomic mass is 35.5.